The summed E-state index contributed by atoms with van der Waals surface area (Å²) in [6.07, 6.45) is 4.11. The van der Waals surface area contributed by atoms with Crippen LogP contribution in [0.4, 0.5) is 0 Å². The summed E-state index contributed by atoms with van der Waals surface area (Å²) >= 11 is 0. The zero-order chi connectivity index (χ0) is 22.5. The first-order chi connectivity index (χ1) is 15.6. The molecule has 0 aromatic heterocycles. The lowest BCUT2D eigenvalue weighted by Crippen LogP contribution is -2.16. The van der Waals surface area contributed by atoms with Gasteiger partial charge in [0.2, 0.25) is 0 Å². The van der Waals surface area contributed by atoms with E-state index in [0.717, 1.165) is 64.1 Å². The van der Waals surface area contributed by atoms with Crippen LogP contribution in [0, 0.1) is 0 Å². The summed E-state index contributed by atoms with van der Waals surface area (Å²) in [5.74, 6) is 0.454. The van der Waals surface area contributed by atoms with Crippen LogP contribution in [0.25, 0.3) is 32.7 Å². The second-order valence-electron chi connectivity index (χ2n) is 8.28. The summed E-state index contributed by atoms with van der Waals surface area (Å²) in [5.41, 5.74) is 2.36. The average molecular weight is 427 g/mol. The van der Waals surface area contributed by atoms with Crippen molar-refractivity contribution < 1.29 is 14.3 Å². The maximum absolute atomic E-state index is 13.4. The summed E-state index contributed by atoms with van der Waals surface area (Å²) in [4.78, 5) is 13.4. The topological polar surface area (TPSA) is 35.5 Å². The fourth-order valence-corrected chi connectivity index (χ4v) is 4.38. The van der Waals surface area contributed by atoms with Crippen molar-refractivity contribution in [2.24, 2.45) is 0 Å². The van der Waals surface area contributed by atoms with E-state index in [1.165, 1.54) is 0 Å². The van der Waals surface area contributed by atoms with E-state index < -0.39 is 0 Å². The fraction of sp³-hybridized carbons (Fsp3) is 0.276. The predicted molar refractivity (Wildman–Crippen MR) is 132 cm³/mol. The third-order valence-electron chi connectivity index (χ3n) is 6.03. The minimum absolute atomic E-state index is 0.122. The maximum atomic E-state index is 13.4. The molecule has 0 spiro atoms. The Morgan fingerprint density at radius 1 is 0.812 bits per heavy atom. The molecule has 0 aliphatic heterocycles. The van der Waals surface area contributed by atoms with Gasteiger partial charge in [-0.15, -0.1) is 0 Å². The van der Waals surface area contributed by atoms with E-state index in [2.05, 4.69) is 37.3 Å². The first-order valence-corrected chi connectivity index (χ1v) is 11.4. The normalized spacial score (nSPS) is 12.1. The summed E-state index contributed by atoms with van der Waals surface area (Å²) in [7, 11) is 1.67. The molecule has 3 nitrogen and oxygen atoms in total. The second-order valence-corrected chi connectivity index (χ2v) is 8.28. The quantitative estimate of drug-likeness (QED) is 0.213. The third-order valence-corrected chi connectivity index (χ3v) is 6.03. The molecule has 4 rings (SSSR count). The van der Waals surface area contributed by atoms with Crippen LogP contribution in [-0.2, 0) is 4.74 Å². The van der Waals surface area contributed by atoms with Crippen molar-refractivity contribution >= 4 is 27.5 Å². The van der Waals surface area contributed by atoms with Crippen LogP contribution in [0.2, 0.25) is 0 Å². The molecule has 0 radical (unpaired) electrons. The first-order valence-electron chi connectivity index (χ1n) is 11.4. The Hall–Kier alpha value is -3.33. The van der Waals surface area contributed by atoms with Gasteiger partial charge in [0.15, 0.2) is 0 Å². The van der Waals surface area contributed by atoms with E-state index in [1.807, 2.05) is 49.4 Å². The van der Waals surface area contributed by atoms with Crippen LogP contribution >= 0.6 is 0 Å². The molecule has 0 bridgehead atoms. The van der Waals surface area contributed by atoms with E-state index in [4.69, 9.17) is 9.47 Å². The van der Waals surface area contributed by atoms with Crippen LogP contribution in [0.3, 0.4) is 0 Å². The van der Waals surface area contributed by atoms with Gasteiger partial charge in [-0.3, -0.25) is 0 Å². The van der Waals surface area contributed by atoms with Crippen molar-refractivity contribution in [3.63, 3.8) is 0 Å². The van der Waals surface area contributed by atoms with E-state index in [-0.39, 0.29) is 12.1 Å². The number of rotatable bonds is 8. The number of unbranched alkanes of at least 4 members (excludes halogenated alkanes) is 2. The highest BCUT2D eigenvalue weighted by Gasteiger charge is 2.23. The highest BCUT2D eigenvalue weighted by atomic mass is 16.5. The fourth-order valence-electron chi connectivity index (χ4n) is 4.38. The lowest BCUT2D eigenvalue weighted by Gasteiger charge is -2.19. The summed E-state index contributed by atoms with van der Waals surface area (Å²) in [6.45, 7) is 4.16. The van der Waals surface area contributed by atoms with Gasteiger partial charge in [-0.05, 0) is 53.4 Å². The molecule has 3 heteroatoms. The van der Waals surface area contributed by atoms with Crippen molar-refractivity contribution in [1.82, 2.24) is 0 Å². The summed E-state index contributed by atoms with van der Waals surface area (Å²) < 4.78 is 11.7. The second kappa shape index (κ2) is 9.86. The Kier molecular flexibility index (Phi) is 6.75. The molecule has 0 aliphatic rings. The van der Waals surface area contributed by atoms with Gasteiger partial charge < -0.3 is 9.47 Å². The van der Waals surface area contributed by atoms with E-state index >= 15 is 0 Å². The molecule has 0 amide bonds. The lowest BCUT2D eigenvalue weighted by molar-refractivity contribution is 0.0321. The van der Waals surface area contributed by atoms with Crippen molar-refractivity contribution in [3.8, 4) is 16.9 Å². The minimum Gasteiger partial charge on any atom is -0.496 e. The number of fused-ring (bicyclic) bond motifs is 2. The number of benzene rings is 4. The van der Waals surface area contributed by atoms with Gasteiger partial charge >= 0.3 is 5.97 Å². The molecule has 0 unspecified atom stereocenters. The Bertz CT molecular complexity index is 1240. The predicted octanol–water partition coefficient (Wildman–Crippen LogP) is 7.79. The molecule has 0 aliphatic carbocycles. The number of hydrogen-bond acceptors (Lipinski definition) is 3. The van der Waals surface area contributed by atoms with Gasteiger partial charge in [-0.2, -0.15) is 0 Å². The van der Waals surface area contributed by atoms with Gasteiger partial charge in [-0.1, -0.05) is 80.4 Å². The van der Waals surface area contributed by atoms with Crippen molar-refractivity contribution in [1.29, 1.82) is 0 Å². The average Bonchev–Trinajstić information content (AvgIpc) is 2.82. The van der Waals surface area contributed by atoms with Gasteiger partial charge in [0.25, 0.3) is 0 Å². The van der Waals surface area contributed by atoms with Crippen LogP contribution < -0.4 is 4.74 Å². The first kappa shape index (κ1) is 21.9. The molecule has 0 fully saturated rings. The molecule has 4 aromatic carbocycles. The molecular weight excluding hydrogens is 396 g/mol. The smallest absolute Gasteiger partial charge is 0.339 e. The zero-order valence-electron chi connectivity index (χ0n) is 19.1. The lowest BCUT2D eigenvalue weighted by atomic mass is 9.89. The SMILES string of the molecule is CCCCC[C@@H](C)OC(=O)c1ccc2ccccc2c1-c1c(OC)ccc2ccccc12. The molecule has 0 heterocycles. The molecule has 0 saturated heterocycles. The standard InChI is InChI=1S/C29H30O3/c1-4-5-6-11-20(2)32-29(30)25-18-16-21-12-7-9-14-23(21)27(25)28-24-15-10-8-13-22(24)17-19-26(28)31-3/h7-10,12-20H,4-6,11H2,1-3H3/t20-/m1/s1. The maximum Gasteiger partial charge on any atom is 0.339 e. The largest absolute Gasteiger partial charge is 0.496 e. The number of carbonyl (C=O) groups excluding carboxylic acids is 1. The number of methoxy groups -OCH3 is 1. The van der Waals surface area contributed by atoms with Crippen molar-refractivity contribution in [3.05, 3.63) is 78.4 Å². The van der Waals surface area contributed by atoms with E-state index in [0.29, 0.717) is 5.56 Å². The molecular formula is C29H30O3. The molecule has 32 heavy (non-hydrogen) atoms. The Labute approximate surface area is 190 Å². The molecule has 1 atom stereocenters. The van der Waals surface area contributed by atoms with Crippen molar-refractivity contribution in [2.75, 3.05) is 7.11 Å². The van der Waals surface area contributed by atoms with Crippen LogP contribution in [0.5, 0.6) is 5.75 Å². The van der Waals surface area contributed by atoms with E-state index in [1.54, 1.807) is 7.11 Å². The van der Waals surface area contributed by atoms with Gasteiger partial charge in [0.1, 0.15) is 5.75 Å². The van der Waals surface area contributed by atoms with Crippen LogP contribution in [0.1, 0.15) is 49.9 Å². The Morgan fingerprint density at radius 2 is 1.44 bits per heavy atom. The zero-order valence-corrected chi connectivity index (χ0v) is 19.1. The van der Waals surface area contributed by atoms with Gasteiger partial charge in [0, 0.05) is 11.1 Å². The van der Waals surface area contributed by atoms with Crippen LogP contribution in [-0.4, -0.2) is 19.2 Å². The number of carbonyl (C=O) groups is 1. The molecule has 4 aromatic rings. The van der Waals surface area contributed by atoms with Crippen LogP contribution in [0.15, 0.2) is 72.8 Å². The van der Waals surface area contributed by atoms with Crippen molar-refractivity contribution in [2.45, 2.75) is 45.6 Å². The van der Waals surface area contributed by atoms with E-state index in [9.17, 15) is 4.79 Å². The number of hydrogen-bond donors (Lipinski definition) is 0. The highest BCUT2D eigenvalue weighted by Crippen LogP contribution is 2.42. The monoisotopic (exact) mass is 426 g/mol. The molecule has 0 saturated carbocycles. The van der Waals surface area contributed by atoms with Gasteiger partial charge in [0.05, 0.1) is 18.8 Å². The number of ether oxygens (including phenoxy) is 2. The number of esters is 1. The molecule has 164 valence electrons. The highest BCUT2D eigenvalue weighted by molar-refractivity contribution is 6.14. The Balaban J connectivity index is 1.90. The Morgan fingerprint density at radius 3 is 2.09 bits per heavy atom. The minimum atomic E-state index is -0.287. The summed E-state index contributed by atoms with van der Waals surface area (Å²) in [5, 5.41) is 4.23. The van der Waals surface area contributed by atoms with Gasteiger partial charge in [-0.25, -0.2) is 4.79 Å². The summed E-state index contributed by atoms with van der Waals surface area (Å²) in [6, 6.07) is 24.3. The third kappa shape index (κ3) is 4.34. The molecule has 0 N–H and O–H groups in total.